The van der Waals surface area contributed by atoms with Gasteiger partial charge in [0.2, 0.25) is 0 Å². The van der Waals surface area contributed by atoms with Gasteiger partial charge in [-0.25, -0.2) is 0 Å². The normalized spacial score (nSPS) is 24.1. The molecule has 1 aliphatic rings. The Hall–Kier alpha value is -1.33. The molecule has 2 atom stereocenters. The summed E-state index contributed by atoms with van der Waals surface area (Å²) < 4.78 is 5.62. The number of nitro benzene ring substituents is 1. The van der Waals surface area contributed by atoms with E-state index in [1.165, 1.54) is 6.07 Å². The lowest BCUT2D eigenvalue weighted by atomic mass is 10.2. The smallest absolute Gasteiger partial charge is 0.294 e. The first-order chi connectivity index (χ1) is 8.47. The second-order valence-electron chi connectivity index (χ2n) is 4.55. The predicted molar refractivity (Wildman–Crippen MR) is 70.3 cm³/mol. The minimum absolute atomic E-state index is 0.0452. The third-order valence-electron chi connectivity index (χ3n) is 2.89. The molecule has 1 fully saturated rings. The fourth-order valence-corrected chi connectivity index (χ4v) is 2.45. The van der Waals surface area contributed by atoms with Crippen molar-refractivity contribution in [1.29, 1.82) is 0 Å². The van der Waals surface area contributed by atoms with Crippen LogP contribution in [0.5, 0.6) is 0 Å². The van der Waals surface area contributed by atoms with E-state index in [2.05, 4.69) is 0 Å². The molecule has 5 nitrogen and oxygen atoms in total. The van der Waals surface area contributed by atoms with E-state index in [1.807, 2.05) is 18.7 Å². The first-order valence-corrected chi connectivity index (χ1v) is 6.19. The van der Waals surface area contributed by atoms with Gasteiger partial charge in [0, 0.05) is 24.2 Å². The minimum atomic E-state index is -0.397. The largest absolute Gasteiger partial charge is 0.372 e. The van der Waals surface area contributed by atoms with Crippen molar-refractivity contribution in [2.75, 3.05) is 18.0 Å². The number of anilines is 1. The average Bonchev–Trinajstić information content (AvgIpc) is 2.27. The van der Waals surface area contributed by atoms with Crippen molar-refractivity contribution in [2.24, 2.45) is 0 Å². The molecule has 0 spiro atoms. The Bertz CT molecular complexity index is 457. The monoisotopic (exact) mass is 270 g/mol. The Balaban J connectivity index is 2.35. The highest BCUT2D eigenvalue weighted by Gasteiger charge is 2.27. The molecule has 0 N–H and O–H groups in total. The molecule has 1 saturated heterocycles. The lowest BCUT2D eigenvalue weighted by molar-refractivity contribution is -0.384. The summed E-state index contributed by atoms with van der Waals surface area (Å²) in [6.45, 7) is 5.22. The van der Waals surface area contributed by atoms with Crippen molar-refractivity contribution in [3.8, 4) is 0 Å². The van der Waals surface area contributed by atoms with Gasteiger partial charge in [-0.15, -0.1) is 0 Å². The lowest BCUT2D eigenvalue weighted by Gasteiger charge is -2.36. The van der Waals surface area contributed by atoms with Crippen LogP contribution in [-0.4, -0.2) is 30.2 Å². The van der Waals surface area contributed by atoms with E-state index in [0.717, 1.165) is 0 Å². The Kier molecular flexibility index (Phi) is 3.73. The maximum atomic E-state index is 11.1. The second kappa shape index (κ2) is 5.12. The van der Waals surface area contributed by atoms with E-state index >= 15 is 0 Å². The molecule has 0 saturated carbocycles. The molecule has 0 aliphatic carbocycles. The number of halogens is 1. The number of nitrogens with zero attached hydrogens (tertiary/aromatic N) is 2. The summed E-state index contributed by atoms with van der Waals surface area (Å²) in [5.74, 6) is 0. The summed E-state index contributed by atoms with van der Waals surface area (Å²) in [7, 11) is 0. The number of ether oxygens (including phenoxy) is 1. The van der Waals surface area contributed by atoms with Crippen LogP contribution in [0, 0.1) is 10.1 Å². The molecule has 98 valence electrons. The van der Waals surface area contributed by atoms with Crippen LogP contribution >= 0.6 is 11.6 Å². The van der Waals surface area contributed by atoms with Crippen LogP contribution < -0.4 is 4.90 Å². The number of hydrogen-bond donors (Lipinski definition) is 0. The van der Waals surface area contributed by atoms with Crippen LogP contribution in [0.25, 0.3) is 0 Å². The number of benzene rings is 1. The molecule has 0 bridgehead atoms. The fourth-order valence-electron chi connectivity index (χ4n) is 2.28. The summed E-state index contributed by atoms with van der Waals surface area (Å²) in [5.41, 5.74) is 0.648. The summed E-state index contributed by atoms with van der Waals surface area (Å²) in [4.78, 5) is 12.7. The molecule has 1 aromatic rings. The Morgan fingerprint density at radius 3 is 2.56 bits per heavy atom. The number of hydrogen-bond acceptors (Lipinski definition) is 4. The third kappa shape index (κ3) is 2.73. The zero-order chi connectivity index (χ0) is 13.3. The zero-order valence-corrected chi connectivity index (χ0v) is 11.1. The van der Waals surface area contributed by atoms with Crippen molar-refractivity contribution in [3.63, 3.8) is 0 Å². The van der Waals surface area contributed by atoms with Gasteiger partial charge in [0.1, 0.15) is 5.69 Å². The first-order valence-electron chi connectivity index (χ1n) is 5.81. The molecule has 0 aromatic heterocycles. The predicted octanol–water partition coefficient (Wildman–Crippen LogP) is 2.86. The van der Waals surface area contributed by atoms with Gasteiger partial charge < -0.3 is 9.64 Å². The summed E-state index contributed by atoms with van der Waals surface area (Å²) >= 11 is 5.81. The molecule has 0 amide bonds. The SMILES string of the molecule is C[C@@H]1CN(c2ccc(Cl)cc2[N+](=O)[O-])C[C@@H](C)O1. The molecular weight excluding hydrogens is 256 g/mol. The van der Waals surface area contributed by atoms with Crippen molar-refractivity contribution in [1.82, 2.24) is 0 Å². The highest BCUT2D eigenvalue weighted by Crippen LogP contribution is 2.32. The highest BCUT2D eigenvalue weighted by atomic mass is 35.5. The summed E-state index contributed by atoms with van der Waals surface area (Å²) in [5, 5.41) is 11.4. The van der Waals surface area contributed by atoms with E-state index in [0.29, 0.717) is 23.8 Å². The molecule has 2 rings (SSSR count). The molecule has 0 unspecified atom stereocenters. The molecular formula is C12H15ClN2O3. The maximum absolute atomic E-state index is 11.1. The molecule has 18 heavy (non-hydrogen) atoms. The molecule has 6 heteroatoms. The third-order valence-corrected chi connectivity index (χ3v) is 3.13. The van der Waals surface area contributed by atoms with Gasteiger partial charge in [-0.3, -0.25) is 10.1 Å². The quantitative estimate of drug-likeness (QED) is 0.612. The topological polar surface area (TPSA) is 55.6 Å². The van der Waals surface area contributed by atoms with Crippen LogP contribution in [0.3, 0.4) is 0 Å². The Morgan fingerprint density at radius 1 is 1.39 bits per heavy atom. The molecule has 0 radical (unpaired) electrons. The average molecular weight is 271 g/mol. The van der Waals surface area contributed by atoms with Gasteiger partial charge in [0.25, 0.3) is 5.69 Å². The Morgan fingerprint density at radius 2 is 2.00 bits per heavy atom. The van der Waals surface area contributed by atoms with Gasteiger partial charge >= 0.3 is 0 Å². The van der Waals surface area contributed by atoms with Crippen molar-refractivity contribution >= 4 is 23.0 Å². The first kappa shape index (κ1) is 13.1. The van der Waals surface area contributed by atoms with Gasteiger partial charge in [0.15, 0.2) is 0 Å². The lowest BCUT2D eigenvalue weighted by Crippen LogP contribution is -2.45. The standard InChI is InChI=1S/C12H15ClN2O3/c1-8-6-14(7-9(2)18-8)11-4-3-10(13)5-12(11)15(16)17/h3-5,8-9H,6-7H2,1-2H3/t8-,9-/m1/s1. The molecule has 1 aliphatic heterocycles. The van der Waals surface area contributed by atoms with Crippen molar-refractivity contribution in [3.05, 3.63) is 33.3 Å². The number of rotatable bonds is 2. The van der Waals surface area contributed by atoms with Crippen LogP contribution in [0.4, 0.5) is 11.4 Å². The molecule has 1 heterocycles. The summed E-state index contributed by atoms with van der Waals surface area (Å²) in [6.07, 6.45) is 0.119. The van der Waals surface area contributed by atoms with Gasteiger partial charge in [-0.2, -0.15) is 0 Å². The second-order valence-corrected chi connectivity index (χ2v) is 4.99. The van der Waals surface area contributed by atoms with Crippen LogP contribution in [0.15, 0.2) is 18.2 Å². The van der Waals surface area contributed by atoms with Gasteiger partial charge in [0.05, 0.1) is 17.1 Å². The Labute approximate surface area is 110 Å². The van der Waals surface area contributed by atoms with Crippen molar-refractivity contribution in [2.45, 2.75) is 26.1 Å². The minimum Gasteiger partial charge on any atom is -0.372 e. The summed E-state index contributed by atoms with van der Waals surface area (Å²) in [6, 6.07) is 4.77. The maximum Gasteiger partial charge on any atom is 0.294 e. The fraction of sp³-hybridized carbons (Fsp3) is 0.500. The van der Waals surface area contributed by atoms with Crippen molar-refractivity contribution < 1.29 is 9.66 Å². The highest BCUT2D eigenvalue weighted by molar-refractivity contribution is 6.30. The van der Waals surface area contributed by atoms with E-state index in [9.17, 15) is 10.1 Å². The van der Waals surface area contributed by atoms with Crippen LogP contribution in [0.1, 0.15) is 13.8 Å². The van der Waals surface area contributed by atoms with E-state index in [4.69, 9.17) is 16.3 Å². The van der Waals surface area contributed by atoms with E-state index < -0.39 is 4.92 Å². The van der Waals surface area contributed by atoms with Gasteiger partial charge in [-0.1, -0.05) is 11.6 Å². The van der Waals surface area contributed by atoms with E-state index in [-0.39, 0.29) is 17.9 Å². The van der Waals surface area contributed by atoms with Crippen LogP contribution in [-0.2, 0) is 4.74 Å². The molecule has 1 aromatic carbocycles. The van der Waals surface area contributed by atoms with Crippen LogP contribution in [0.2, 0.25) is 5.02 Å². The van der Waals surface area contributed by atoms with E-state index in [1.54, 1.807) is 12.1 Å². The van der Waals surface area contributed by atoms with Gasteiger partial charge in [-0.05, 0) is 26.0 Å². The number of morpholine rings is 1. The number of nitro groups is 1. The zero-order valence-electron chi connectivity index (χ0n) is 10.3.